The van der Waals surface area contributed by atoms with Gasteiger partial charge >= 0.3 is 0 Å². The van der Waals surface area contributed by atoms with Gasteiger partial charge in [-0.2, -0.15) is 0 Å². The van der Waals surface area contributed by atoms with Crippen molar-refractivity contribution in [2.24, 2.45) is 5.41 Å². The fourth-order valence-electron chi connectivity index (χ4n) is 1.85. The first-order valence-electron chi connectivity index (χ1n) is 6.29. The Morgan fingerprint density at radius 1 is 1.33 bits per heavy atom. The monoisotopic (exact) mass is 315 g/mol. The van der Waals surface area contributed by atoms with Gasteiger partial charge in [0.2, 0.25) is 0 Å². The Morgan fingerprint density at radius 3 is 2.44 bits per heavy atom. The molecule has 0 unspecified atom stereocenters. The van der Waals surface area contributed by atoms with Gasteiger partial charge in [-0.25, -0.2) is 0 Å². The molecule has 0 amide bonds. The van der Waals surface area contributed by atoms with Gasteiger partial charge in [-0.3, -0.25) is 0 Å². The average molecular weight is 316 g/mol. The summed E-state index contributed by atoms with van der Waals surface area (Å²) in [6.45, 7) is 5.22. The van der Waals surface area contributed by atoms with Crippen molar-refractivity contribution in [3.63, 3.8) is 0 Å². The van der Waals surface area contributed by atoms with Crippen LogP contribution in [0.1, 0.15) is 26.7 Å². The summed E-state index contributed by atoms with van der Waals surface area (Å²) >= 11 is 3.46. The van der Waals surface area contributed by atoms with Gasteiger partial charge in [-0.15, -0.1) is 0 Å². The molecule has 0 saturated carbocycles. The lowest BCUT2D eigenvalue weighted by molar-refractivity contribution is 0.127. The second-order valence-corrected chi connectivity index (χ2v) is 5.42. The maximum Gasteiger partial charge on any atom is 0.133 e. The lowest BCUT2D eigenvalue weighted by atomic mass is 9.83. The topological polar surface area (TPSA) is 41.5 Å². The minimum Gasteiger partial charge on any atom is -0.496 e. The van der Waals surface area contributed by atoms with Crippen LogP contribution in [0.4, 0.5) is 5.69 Å². The second-order valence-electron chi connectivity index (χ2n) is 4.57. The predicted molar refractivity (Wildman–Crippen MR) is 79.3 cm³/mol. The second kappa shape index (κ2) is 7.00. The van der Waals surface area contributed by atoms with Crippen LogP contribution in [0.15, 0.2) is 22.7 Å². The number of hydrogen-bond acceptors (Lipinski definition) is 3. The number of halogens is 1. The van der Waals surface area contributed by atoms with Crippen molar-refractivity contribution in [3.05, 3.63) is 22.7 Å². The summed E-state index contributed by atoms with van der Waals surface area (Å²) in [5.41, 5.74) is 0.995. The van der Waals surface area contributed by atoms with E-state index in [2.05, 4.69) is 35.1 Å². The quantitative estimate of drug-likeness (QED) is 0.806. The number of hydrogen-bond donors (Lipinski definition) is 2. The highest BCUT2D eigenvalue weighted by molar-refractivity contribution is 9.10. The summed E-state index contributed by atoms with van der Waals surface area (Å²) in [5.74, 6) is 0.819. The lowest BCUT2D eigenvalue weighted by Crippen LogP contribution is -2.32. The zero-order chi connectivity index (χ0) is 13.6. The fourth-order valence-corrected chi connectivity index (χ4v) is 2.39. The number of aliphatic hydroxyl groups is 1. The van der Waals surface area contributed by atoms with Crippen LogP contribution in [0.5, 0.6) is 5.75 Å². The van der Waals surface area contributed by atoms with Gasteiger partial charge in [0.1, 0.15) is 5.75 Å². The van der Waals surface area contributed by atoms with Crippen molar-refractivity contribution >= 4 is 21.6 Å². The fraction of sp³-hybridized carbons (Fsp3) is 0.571. The van der Waals surface area contributed by atoms with E-state index in [-0.39, 0.29) is 12.0 Å². The van der Waals surface area contributed by atoms with Crippen molar-refractivity contribution in [3.8, 4) is 5.75 Å². The Balaban J connectivity index is 2.71. The molecule has 1 aromatic carbocycles. The first-order chi connectivity index (χ1) is 8.60. The Bertz CT molecular complexity index is 370. The van der Waals surface area contributed by atoms with E-state index in [1.807, 2.05) is 18.2 Å². The molecule has 1 rings (SSSR count). The predicted octanol–water partition coefficient (Wildman–Crippen LogP) is 3.67. The molecule has 3 nitrogen and oxygen atoms in total. The van der Waals surface area contributed by atoms with Crippen LogP contribution in [0, 0.1) is 5.41 Å². The van der Waals surface area contributed by atoms with E-state index in [0.29, 0.717) is 0 Å². The van der Waals surface area contributed by atoms with E-state index in [4.69, 9.17) is 4.74 Å². The Hall–Kier alpha value is -0.740. The molecule has 0 aliphatic carbocycles. The molecule has 0 spiro atoms. The molecule has 1 aromatic rings. The SMILES string of the molecule is CCC(CC)(CO)CNc1ccc(OC)c(Br)c1. The Labute approximate surface area is 118 Å². The smallest absolute Gasteiger partial charge is 0.133 e. The van der Waals surface area contributed by atoms with E-state index >= 15 is 0 Å². The van der Waals surface area contributed by atoms with Gasteiger partial charge in [0, 0.05) is 17.6 Å². The molecule has 0 aromatic heterocycles. The molecule has 18 heavy (non-hydrogen) atoms. The molecule has 0 saturated heterocycles. The standard InChI is InChI=1S/C14H22BrNO2/c1-4-14(5-2,10-17)9-16-11-6-7-13(18-3)12(15)8-11/h6-8,16-17H,4-5,9-10H2,1-3H3. The van der Waals surface area contributed by atoms with Gasteiger partial charge in [-0.05, 0) is 47.0 Å². The molecule has 0 bridgehead atoms. The molecule has 0 fully saturated rings. The van der Waals surface area contributed by atoms with Crippen LogP contribution >= 0.6 is 15.9 Å². The van der Waals surface area contributed by atoms with Crippen molar-refractivity contribution in [2.75, 3.05) is 25.6 Å². The van der Waals surface area contributed by atoms with Crippen LogP contribution in [-0.4, -0.2) is 25.4 Å². The highest BCUT2D eigenvalue weighted by Crippen LogP contribution is 2.30. The highest BCUT2D eigenvalue weighted by atomic mass is 79.9. The summed E-state index contributed by atoms with van der Waals surface area (Å²) in [6, 6.07) is 5.90. The molecule has 0 aliphatic heterocycles. The molecule has 0 heterocycles. The summed E-state index contributed by atoms with van der Waals surface area (Å²) in [7, 11) is 1.65. The molecule has 102 valence electrons. The average Bonchev–Trinajstić information content (AvgIpc) is 2.41. The molecule has 0 radical (unpaired) electrons. The van der Waals surface area contributed by atoms with Crippen LogP contribution < -0.4 is 10.1 Å². The maximum atomic E-state index is 9.52. The van der Waals surface area contributed by atoms with Crippen LogP contribution in [0.3, 0.4) is 0 Å². The third kappa shape index (κ3) is 3.62. The van der Waals surface area contributed by atoms with E-state index in [1.165, 1.54) is 0 Å². The van der Waals surface area contributed by atoms with E-state index in [1.54, 1.807) is 7.11 Å². The van der Waals surface area contributed by atoms with Crippen molar-refractivity contribution in [1.29, 1.82) is 0 Å². The molecule has 0 atom stereocenters. The van der Waals surface area contributed by atoms with E-state index < -0.39 is 0 Å². The van der Waals surface area contributed by atoms with Gasteiger partial charge in [-0.1, -0.05) is 13.8 Å². The van der Waals surface area contributed by atoms with Gasteiger partial charge in [0.25, 0.3) is 0 Å². The molecular weight excluding hydrogens is 294 g/mol. The zero-order valence-corrected chi connectivity index (χ0v) is 12.9. The maximum absolute atomic E-state index is 9.52. The highest BCUT2D eigenvalue weighted by Gasteiger charge is 2.24. The Morgan fingerprint density at radius 2 is 2.00 bits per heavy atom. The third-order valence-corrected chi connectivity index (χ3v) is 4.27. The van der Waals surface area contributed by atoms with E-state index in [0.717, 1.165) is 35.3 Å². The summed E-state index contributed by atoms with van der Waals surface area (Å²) in [4.78, 5) is 0. The number of anilines is 1. The van der Waals surface area contributed by atoms with Crippen LogP contribution in [-0.2, 0) is 0 Å². The zero-order valence-electron chi connectivity index (χ0n) is 11.3. The van der Waals surface area contributed by atoms with E-state index in [9.17, 15) is 5.11 Å². The summed E-state index contributed by atoms with van der Waals surface area (Å²) < 4.78 is 6.12. The minimum absolute atomic E-state index is 0.0353. The van der Waals surface area contributed by atoms with Crippen molar-refractivity contribution < 1.29 is 9.84 Å². The molecule has 2 N–H and O–H groups in total. The van der Waals surface area contributed by atoms with Gasteiger partial charge in [0.05, 0.1) is 18.2 Å². The van der Waals surface area contributed by atoms with Crippen molar-refractivity contribution in [2.45, 2.75) is 26.7 Å². The lowest BCUT2D eigenvalue weighted by Gasteiger charge is -2.30. The van der Waals surface area contributed by atoms with Crippen LogP contribution in [0.2, 0.25) is 0 Å². The number of nitrogens with one attached hydrogen (secondary N) is 1. The Kier molecular flexibility index (Phi) is 5.96. The number of benzene rings is 1. The number of ether oxygens (including phenoxy) is 1. The third-order valence-electron chi connectivity index (χ3n) is 3.65. The van der Waals surface area contributed by atoms with Crippen molar-refractivity contribution in [1.82, 2.24) is 0 Å². The molecule has 0 aliphatic rings. The normalized spacial score (nSPS) is 11.4. The minimum atomic E-state index is -0.0353. The summed E-state index contributed by atoms with van der Waals surface area (Å²) in [5, 5.41) is 12.9. The number of rotatable bonds is 7. The first kappa shape index (κ1) is 15.3. The molecular formula is C14H22BrNO2. The van der Waals surface area contributed by atoms with Gasteiger partial charge < -0.3 is 15.2 Å². The number of methoxy groups -OCH3 is 1. The van der Waals surface area contributed by atoms with Gasteiger partial charge in [0.15, 0.2) is 0 Å². The first-order valence-corrected chi connectivity index (χ1v) is 7.08. The number of aliphatic hydroxyl groups excluding tert-OH is 1. The molecule has 4 heteroatoms. The largest absolute Gasteiger partial charge is 0.496 e. The van der Waals surface area contributed by atoms with Crippen LogP contribution in [0.25, 0.3) is 0 Å². The summed E-state index contributed by atoms with van der Waals surface area (Å²) in [6.07, 6.45) is 1.93.